The molecule has 2 aromatic carbocycles. The molecule has 1 N–H and O–H groups in total. The number of nitrogens with zero attached hydrogens (tertiary/aromatic N) is 1. The minimum atomic E-state index is -1.17. The summed E-state index contributed by atoms with van der Waals surface area (Å²) >= 11 is 6.20. The molecule has 8 heteroatoms. The molecule has 0 bridgehead atoms. The Kier molecular flexibility index (Phi) is 5.34. The van der Waals surface area contributed by atoms with Gasteiger partial charge in [0.1, 0.15) is 5.75 Å². The molecule has 0 radical (unpaired) electrons. The van der Waals surface area contributed by atoms with Gasteiger partial charge in [0.15, 0.2) is 17.6 Å². The van der Waals surface area contributed by atoms with Gasteiger partial charge in [-0.1, -0.05) is 17.7 Å². The molecule has 0 aliphatic carbocycles. The van der Waals surface area contributed by atoms with Crippen molar-refractivity contribution in [2.24, 2.45) is 0 Å². The van der Waals surface area contributed by atoms with E-state index in [1.165, 1.54) is 33.3 Å². The number of hydrogen-bond donors (Lipinski definition) is 1. The quantitative estimate of drug-likeness (QED) is 0.760. The zero-order chi connectivity index (χ0) is 19.7. The number of hydrogen-bond acceptors (Lipinski definition) is 6. The van der Waals surface area contributed by atoms with E-state index in [9.17, 15) is 9.90 Å². The summed E-state index contributed by atoms with van der Waals surface area (Å²) in [5.74, 6) is 1.32. The van der Waals surface area contributed by atoms with Crippen LogP contribution < -0.4 is 23.8 Å². The van der Waals surface area contributed by atoms with Crippen LogP contribution in [0, 0.1) is 0 Å². The molecule has 3 rings (SSSR count). The molecule has 0 spiro atoms. The Labute approximate surface area is 162 Å². The smallest absolute Gasteiger partial charge is 0.259 e. The summed E-state index contributed by atoms with van der Waals surface area (Å²) in [6, 6.07) is 7.85. The Bertz CT molecular complexity index is 846. The van der Waals surface area contributed by atoms with Crippen LogP contribution in [-0.2, 0) is 4.79 Å². The third-order valence-corrected chi connectivity index (χ3v) is 4.81. The molecule has 144 valence electrons. The van der Waals surface area contributed by atoms with Crippen molar-refractivity contribution in [2.45, 2.75) is 12.1 Å². The molecule has 1 fully saturated rings. The number of amides is 1. The maximum Gasteiger partial charge on any atom is 0.259 e. The fraction of sp³-hybridized carbons (Fsp3) is 0.316. The highest BCUT2D eigenvalue weighted by molar-refractivity contribution is 6.32. The van der Waals surface area contributed by atoms with E-state index in [0.29, 0.717) is 39.3 Å². The molecule has 2 aromatic rings. The molecule has 7 nitrogen and oxygen atoms in total. The van der Waals surface area contributed by atoms with Crippen LogP contribution in [0.5, 0.6) is 23.0 Å². The van der Waals surface area contributed by atoms with Gasteiger partial charge in [0.05, 0.1) is 45.2 Å². The van der Waals surface area contributed by atoms with E-state index in [4.69, 9.17) is 30.5 Å². The number of rotatable bonds is 6. The number of aliphatic hydroxyl groups is 1. The number of carbonyl (C=O) groups is 1. The first-order valence-electron chi connectivity index (χ1n) is 8.11. The lowest BCUT2D eigenvalue weighted by Crippen LogP contribution is -2.59. The zero-order valence-corrected chi connectivity index (χ0v) is 16.1. The summed E-state index contributed by atoms with van der Waals surface area (Å²) < 4.78 is 21.2. The minimum Gasteiger partial charge on any atom is -0.495 e. The number of halogens is 1. The molecule has 1 heterocycles. The Balaban J connectivity index is 2.05. The van der Waals surface area contributed by atoms with Crippen LogP contribution in [0.15, 0.2) is 30.3 Å². The summed E-state index contributed by atoms with van der Waals surface area (Å²) in [5, 5.41) is 10.7. The van der Waals surface area contributed by atoms with E-state index < -0.39 is 18.1 Å². The number of anilines is 1. The van der Waals surface area contributed by atoms with Gasteiger partial charge in [-0.15, -0.1) is 0 Å². The maximum absolute atomic E-state index is 12.4. The number of ether oxygens (including phenoxy) is 4. The van der Waals surface area contributed by atoms with E-state index in [0.717, 1.165) is 0 Å². The SMILES string of the molecule is COc1ccc([C@H]2[C@H](O)C(=O)N2c2cc(OC)c(OC)c(OC)c2)cc1Cl. The van der Waals surface area contributed by atoms with Crippen molar-refractivity contribution in [3.05, 3.63) is 40.9 Å². The maximum atomic E-state index is 12.4. The summed E-state index contributed by atoms with van der Waals surface area (Å²) in [4.78, 5) is 13.9. The van der Waals surface area contributed by atoms with Crippen LogP contribution in [0.4, 0.5) is 5.69 Å². The highest BCUT2D eigenvalue weighted by Crippen LogP contribution is 2.46. The third-order valence-electron chi connectivity index (χ3n) is 4.51. The van der Waals surface area contributed by atoms with E-state index in [2.05, 4.69) is 0 Å². The Hall–Kier alpha value is -2.64. The first kappa shape index (κ1) is 19.1. The number of aliphatic hydroxyl groups excluding tert-OH is 1. The average molecular weight is 394 g/mol. The summed E-state index contributed by atoms with van der Waals surface area (Å²) in [6.45, 7) is 0. The third kappa shape index (κ3) is 3.13. The highest BCUT2D eigenvalue weighted by atomic mass is 35.5. The fourth-order valence-corrected chi connectivity index (χ4v) is 3.43. The standard InChI is InChI=1S/C19H20ClNO6/c1-24-13-6-5-10(7-12(13)20)16-17(22)19(23)21(16)11-8-14(25-2)18(27-4)15(9-11)26-3/h5-9,16-17,22H,1-4H3/t16-,17-/m0/s1. The molecular weight excluding hydrogens is 374 g/mol. The van der Waals surface area contributed by atoms with Gasteiger partial charge in [0.2, 0.25) is 5.75 Å². The fourth-order valence-electron chi connectivity index (χ4n) is 3.17. The van der Waals surface area contributed by atoms with Gasteiger partial charge >= 0.3 is 0 Å². The summed E-state index contributed by atoms with van der Waals surface area (Å²) in [7, 11) is 6.01. The lowest BCUT2D eigenvalue weighted by atomic mass is 9.90. The van der Waals surface area contributed by atoms with E-state index in [1.54, 1.807) is 30.3 Å². The van der Waals surface area contributed by atoms with Gasteiger partial charge in [0, 0.05) is 12.1 Å². The molecule has 1 saturated heterocycles. The van der Waals surface area contributed by atoms with Crippen LogP contribution in [0.1, 0.15) is 11.6 Å². The monoisotopic (exact) mass is 393 g/mol. The number of carbonyl (C=O) groups excluding carboxylic acids is 1. The molecule has 0 saturated carbocycles. The van der Waals surface area contributed by atoms with Crippen LogP contribution in [0.3, 0.4) is 0 Å². The highest BCUT2D eigenvalue weighted by Gasteiger charge is 2.48. The Morgan fingerprint density at radius 3 is 2.00 bits per heavy atom. The van der Waals surface area contributed by atoms with Gasteiger partial charge in [-0.3, -0.25) is 9.69 Å². The van der Waals surface area contributed by atoms with E-state index in [1.807, 2.05) is 0 Å². The number of methoxy groups -OCH3 is 4. The van der Waals surface area contributed by atoms with Gasteiger partial charge in [-0.25, -0.2) is 0 Å². The average Bonchev–Trinajstić information content (AvgIpc) is 2.69. The second-order valence-electron chi connectivity index (χ2n) is 5.88. The Morgan fingerprint density at radius 2 is 1.52 bits per heavy atom. The second kappa shape index (κ2) is 7.54. The zero-order valence-electron chi connectivity index (χ0n) is 15.4. The number of β-lactam (4-membered cyclic amide) rings is 1. The van der Waals surface area contributed by atoms with Crippen molar-refractivity contribution in [1.29, 1.82) is 0 Å². The molecular formula is C19H20ClNO6. The Morgan fingerprint density at radius 1 is 0.926 bits per heavy atom. The van der Waals surface area contributed by atoms with Gasteiger partial charge in [-0.2, -0.15) is 0 Å². The van der Waals surface area contributed by atoms with Crippen LogP contribution in [-0.4, -0.2) is 45.6 Å². The predicted molar refractivity (Wildman–Crippen MR) is 100 cm³/mol. The predicted octanol–water partition coefficient (Wildman–Crippen LogP) is 2.82. The van der Waals surface area contributed by atoms with E-state index in [-0.39, 0.29) is 0 Å². The minimum absolute atomic E-state index is 0.395. The van der Waals surface area contributed by atoms with Crippen molar-refractivity contribution in [2.75, 3.05) is 33.3 Å². The van der Waals surface area contributed by atoms with Crippen molar-refractivity contribution in [1.82, 2.24) is 0 Å². The van der Waals surface area contributed by atoms with Gasteiger partial charge in [-0.05, 0) is 17.7 Å². The molecule has 0 aromatic heterocycles. The number of benzene rings is 2. The van der Waals surface area contributed by atoms with Crippen molar-refractivity contribution in [3.8, 4) is 23.0 Å². The lowest BCUT2D eigenvalue weighted by molar-refractivity contribution is -0.137. The van der Waals surface area contributed by atoms with Gasteiger partial charge in [0.25, 0.3) is 5.91 Å². The topological polar surface area (TPSA) is 77.5 Å². The summed E-state index contributed by atoms with van der Waals surface area (Å²) in [5.41, 5.74) is 1.19. The molecule has 27 heavy (non-hydrogen) atoms. The second-order valence-corrected chi connectivity index (χ2v) is 6.28. The van der Waals surface area contributed by atoms with Crippen LogP contribution >= 0.6 is 11.6 Å². The van der Waals surface area contributed by atoms with E-state index >= 15 is 0 Å². The van der Waals surface area contributed by atoms with Crippen molar-refractivity contribution < 1.29 is 28.8 Å². The lowest BCUT2D eigenvalue weighted by Gasteiger charge is -2.45. The molecule has 1 amide bonds. The summed E-state index contributed by atoms with van der Waals surface area (Å²) in [6.07, 6.45) is -1.17. The van der Waals surface area contributed by atoms with Crippen LogP contribution in [0.25, 0.3) is 0 Å². The van der Waals surface area contributed by atoms with Crippen molar-refractivity contribution in [3.63, 3.8) is 0 Å². The molecule has 1 aliphatic rings. The van der Waals surface area contributed by atoms with Crippen molar-refractivity contribution >= 4 is 23.2 Å². The molecule has 2 atom stereocenters. The molecule has 1 aliphatic heterocycles. The first-order valence-corrected chi connectivity index (χ1v) is 8.49. The van der Waals surface area contributed by atoms with Crippen LogP contribution in [0.2, 0.25) is 5.02 Å². The normalized spacial score (nSPS) is 18.7. The first-order chi connectivity index (χ1) is 13.0. The largest absolute Gasteiger partial charge is 0.495 e. The molecule has 0 unspecified atom stereocenters. The van der Waals surface area contributed by atoms with Gasteiger partial charge < -0.3 is 24.1 Å².